The molecule has 0 radical (unpaired) electrons. The van der Waals surface area contributed by atoms with Gasteiger partial charge in [-0.05, 0) is 75.3 Å². The second kappa shape index (κ2) is 10.3. The first-order chi connectivity index (χ1) is 13.6. The number of benzene rings is 1. The van der Waals surface area contributed by atoms with Crippen LogP contribution in [0.15, 0.2) is 12.1 Å². The van der Waals surface area contributed by atoms with Crippen molar-refractivity contribution in [2.45, 2.75) is 78.1 Å². The van der Waals surface area contributed by atoms with Crippen molar-refractivity contribution in [3.63, 3.8) is 0 Å². The number of hydrogen-bond donors (Lipinski definition) is 0. The van der Waals surface area contributed by atoms with Crippen LogP contribution in [0.2, 0.25) is 0 Å². The fourth-order valence-electron chi connectivity index (χ4n) is 5.17. The molecule has 0 atom stereocenters. The molecule has 154 valence electrons. The van der Waals surface area contributed by atoms with Crippen molar-refractivity contribution in [3.8, 4) is 17.6 Å². The minimum absolute atomic E-state index is 0.0419. The minimum Gasteiger partial charge on any atom is -0.491 e. The SMILES string of the molecule is CCC[C@H]1CC[C@H]([C@H]2CC[C@H](C#Cc3ccc(OCC)c(F)c3F)CC2)CC1. The maximum Gasteiger partial charge on any atom is 0.201 e. The minimum atomic E-state index is -0.934. The van der Waals surface area contributed by atoms with Gasteiger partial charge in [-0.3, -0.25) is 0 Å². The zero-order chi connectivity index (χ0) is 19.9. The predicted octanol–water partition coefficient (Wildman–Crippen LogP) is 7.13. The van der Waals surface area contributed by atoms with Gasteiger partial charge in [0.1, 0.15) is 0 Å². The lowest BCUT2D eigenvalue weighted by molar-refractivity contribution is 0.154. The summed E-state index contributed by atoms with van der Waals surface area (Å²) in [6, 6.07) is 2.99. The fourth-order valence-corrected chi connectivity index (χ4v) is 5.17. The Bertz CT molecular complexity index is 686. The van der Waals surface area contributed by atoms with Crippen molar-refractivity contribution in [1.29, 1.82) is 0 Å². The van der Waals surface area contributed by atoms with Crippen LogP contribution in [-0.2, 0) is 0 Å². The highest BCUT2D eigenvalue weighted by Crippen LogP contribution is 2.42. The Morgan fingerprint density at radius 3 is 2.14 bits per heavy atom. The topological polar surface area (TPSA) is 9.23 Å². The van der Waals surface area contributed by atoms with E-state index >= 15 is 0 Å². The van der Waals surface area contributed by atoms with Gasteiger partial charge in [-0.2, -0.15) is 4.39 Å². The molecule has 1 aromatic rings. The largest absolute Gasteiger partial charge is 0.491 e. The molecule has 0 aromatic heterocycles. The Balaban J connectivity index is 1.51. The van der Waals surface area contributed by atoms with E-state index in [0.29, 0.717) is 12.5 Å². The van der Waals surface area contributed by atoms with Crippen LogP contribution in [0.4, 0.5) is 8.78 Å². The van der Waals surface area contributed by atoms with Crippen molar-refractivity contribution in [2.75, 3.05) is 6.61 Å². The molecule has 0 unspecified atom stereocenters. The van der Waals surface area contributed by atoms with Gasteiger partial charge in [-0.25, -0.2) is 4.39 Å². The second-order valence-corrected chi connectivity index (χ2v) is 8.62. The molecule has 0 aliphatic heterocycles. The zero-order valence-corrected chi connectivity index (χ0v) is 17.4. The molecule has 0 N–H and O–H groups in total. The highest BCUT2D eigenvalue weighted by atomic mass is 19.2. The lowest BCUT2D eigenvalue weighted by Gasteiger charge is -2.37. The van der Waals surface area contributed by atoms with Gasteiger partial charge in [0.25, 0.3) is 0 Å². The third-order valence-electron chi connectivity index (χ3n) is 6.78. The highest BCUT2D eigenvalue weighted by molar-refractivity contribution is 5.41. The quantitative estimate of drug-likeness (QED) is 0.488. The molecule has 0 bridgehead atoms. The summed E-state index contributed by atoms with van der Waals surface area (Å²) in [5, 5.41) is 0. The summed E-state index contributed by atoms with van der Waals surface area (Å²) in [4.78, 5) is 0. The van der Waals surface area contributed by atoms with E-state index in [1.54, 1.807) is 6.92 Å². The van der Waals surface area contributed by atoms with Gasteiger partial charge in [0, 0.05) is 5.92 Å². The molecule has 2 saturated carbocycles. The van der Waals surface area contributed by atoms with Crippen molar-refractivity contribution in [3.05, 3.63) is 29.3 Å². The molecule has 2 fully saturated rings. The number of ether oxygens (including phenoxy) is 1. The smallest absolute Gasteiger partial charge is 0.201 e. The molecule has 0 heterocycles. The predicted molar refractivity (Wildman–Crippen MR) is 110 cm³/mol. The van der Waals surface area contributed by atoms with Crippen molar-refractivity contribution in [1.82, 2.24) is 0 Å². The summed E-state index contributed by atoms with van der Waals surface area (Å²) in [7, 11) is 0. The van der Waals surface area contributed by atoms with Gasteiger partial charge in [-0.15, -0.1) is 0 Å². The van der Waals surface area contributed by atoms with E-state index in [0.717, 1.165) is 30.6 Å². The monoisotopic (exact) mass is 388 g/mol. The highest BCUT2D eigenvalue weighted by Gasteiger charge is 2.30. The first-order valence-corrected chi connectivity index (χ1v) is 11.2. The van der Waals surface area contributed by atoms with E-state index < -0.39 is 11.6 Å². The Morgan fingerprint density at radius 2 is 1.54 bits per heavy atom. The van der Waals surface area contributed by atoms with Crippen LogP contribution >= 0.6 is 0 Å². The first kappa shape index (κ1) is 21.2. The van der Waals surface area contributed by atoms with E-state index in [4.69, 9.17) is 4.74 Å². The number of halogens is 2. The van der Waals surface area contributed by atoms with Gasteiger partial charge in [-0.1, -0.05) is 44.4 Å². The lowest BCUT2D eigenvalue weighted by Crippen LogP contribution is -2.25. The Labute approximate surface area is 169 Å². The summed E-state index contributed by atoms with van der Waals surface area (Å²) in [5.41, 5.74) is 0.136. The third-order valence-corrected chi connectivity index (χ3v) is 6.78. The van der Waals surface area contributed by atoms with Crippen LogP contribution < -0.4 is 4.74 Å². The summed E-state index contributed by atoms with van der Waals surface area (Å²) in [6.07, 6.45) is 13.0. The second-order valence-electron chi connectivity index (χ2n) is 8.62. The van der Waals surface area contributed by atoms with Crippen LogP contribution in [0.25, 0.3) is 0 Å². The van der Waals surface area contributed by atoms with Crippen LogP contribution in [-0.4, -0.2) is 6.61 Å². The molecule has 3 heteroatoms. The molecular formula is C25H34F2O. The molecule has 0 spiro atoms. The van der Waals surface area contributed by atoms with Crippen molar-refractivity contribution < 1.29 is 13.5 Å². The molecule has 0 saturated heterocycles. The van der Waals surface area contributed by atoms with E-state index in [9.17, 15) is 8.78 Å². The summed E-state index contributed by atoms with van der Waals surface area (Å²) in [5.74, 6) is 7.25. The van der Waals surface area contributed by atoms with Gasteiger partial charge in [0.2, 0.25) is 5.82 Å². The normalized spacial score (nSPS) is 27.7. The maximum atomic E-state index is 14.2. The van der Waals surface area contributed by atoms with Crippen LogP contribution in [0.5, 0.6) is 5.75 Å². The van der Waals surface area contributed by atoms with Crippen molar-refractivity contribution >= 4 is 0 Å². The van der Waals surface area contributed by atoms with Crippen LogP contribution in [0, 0.1) is 47.1 Å². The third kappa shape index (κ3) is 5.28. The Morgan fingerprint density at radius 1 is 0.893 bits per heavy atom. The average molecular weight is 389 g/mol. The first-order valence-electron chi connectivity index (χ1n) is 11.2. The molecule has 2 aliphatic rings. The Kier molecular flexibility index (Phi) is 7.77. The fraction of sp³-hybridized carbons (Fsp3) is 0.680. The molecule has 1 nitrogen and oxygen atoms in total. The standard InChI is InChI=1S/C25H34F2O/c1-3-5-18-6-11-20(12-7-18)21-13-8-19(9-14-21)10-15-22-16-17-23(28-4-2)25(27)24(22)26/h16-21H,3-9,11-14H2,1-2H3/t18-,19-,20-,21-. The van der Waals surface area contributed by atoms with E-state index in [1.165, 1.54) is 63.5 Å². The van der Waals surface area contributed by atoms with Gasteiger partial charge < -0.3 is 4.74 Å². The van der Waals surface area contributed by atoms with Gasteiger partial charge >= 0.3 is 0 Å². The Hall–Kier alpha value is -1.56. The van der Waals surface area contributed by atoms with Crippen LogP contribution in [0.3, 0.4) is 0 Å². The summed E-state index contributed by atoms with van der Waals surface area (Å²) < 4.78 is 33.2. The van der Waals surface area contributed by atoms with Gasteiger partial charge in [0.05, 0.1) is 12.2 Å². The summed E-state index contributed by atoms with van der Waals surface area (Å²) in [6.45, 7) is 4.35. The van der Waals surface area contributed by atoms with E-state index in [-0.39, 0.29) is 11.3 Å². The molecule has 3 rings (SSSR count). The van der Waals surface area contributed by atoms with E-state index in [2.05, 4.69) is 18.8 Å². The number of hydrogen-bond acceptors (Lipinski definition) is 1. The van der Waals surface area contributed by atoms with Gasteiger partial charge in [0.15, 0.2) is 11.6 Å². The maximum absolute atomic E-state index is 14.2. The molecular weight excluding hydrogens is 354 g/mol. The zero-order valence-electron chi connectivity index (χ0n) is 17.4. The molecule has 28 heavy (non-hydrogen) atoms. The number of rotatable bonds is 5. The lowest BCUT2D eigenvalue weighted by atomic mass is 9.69. The summed E-state index contributed by atoms with van der Waals surface area (Å²) >= 11 is 0. The average Bonchev–Trinajstić information content (AvgIpc) is 2.72. The molecule has 2 aliphatic carbocycles. The van der Waals surface area contributed by atoms with E-state index in [1.807, 2.05) is 0 Å². The molecule has 1 aromatic carbocycles. The molecule has 0 amide bonds. The van der Waals surface area contributed by atoms with Crippen molar-refractivity contribution in [2.24, 2.45) is 23.7 Å². The van der Waals surface area contributed by atoms with Crippen LogP contribution in [0.1, 0.15) is 83.6 Å².